The molecule has 1 rings (SSSR count). The zero-order valence-electron chi connectivity index (χ0n) is 6.06. The standard InChI is InChI=1S/C7H12O4/c8-2-4-1-6(10)7(11)5(4)3-9/h6-11H,1-3H2/t6-,7-/m1/s1. The van der Waals surface area contributed by atoms with Crippen LogP contribution in [0, 0.1) is 0 Å². The van der Waals surface area contributed by atoms with Gasteiger partial charge in [-0.25, -0.2) is 0 Å². The molecule has 0 spiro atoms. The second-order valence-corrected chi connectivity index (χ2v) is 2.66. The van der Waals surface area contributed by atoms with E-state index in [1.165, 1.54) is 0 Å². The molecule has 0 saturated carbocycles. The molecular weight excluding hydrogens is 148 g/mol. The third-order valence-electron chi connectivity index (χ3n) is 1.99. The molecule has 0 radical (unpaired) electrons. The maximum atomic E-state index is 9.18. The first-order valence-corrected chi connectivity index (χ1v) is 3.49. The summed E-state index contributed by atoms with van der Waals surface area (Å²) in [5.74, 6) is 0. The predicted octanol–water partition coefficient (Wildman–Crippen LogP) is -1.61. The van der Waals surface area contributed by atoms with Gasteiger partial charge in [0.15, 0.2) is 0 Å². The van der Waals surface area contributed by atoms with E-state index in [0.29, 0.717) is 11.1 Å². The lowest BCUT2D eigenvalue weighted by Gasteiger charge is -2.09. The molecule has 0 aromatic rings. The molecular formula is C7H12O4. The molecule has 0 saturated heterocycles. The second-order valence-electron chi connectivity index (χ2n) is 2.66. The smallest absolute Gasteiger partial charge is 0.104 e. The Morgan fingerprint density at radius 3 is 2.18 bits per heavy atom. The average Bonchev–Trinajstić information content (AvgIpc) is 2.28. The Kier molecular flexibility index (Phi) is 2.62. The van der Waals surface area contributed by atoms with Crippen LogP contribution in [0.15, 0.2) is 11.1 Å². The fourth-order valence-corrected chi connectivity index (χ4v) is 1.31. The van der Waals surface area contributed by atoms with Crippen LogP contribution in [0.2, 0.25) is 0 Å². The van der Waals surface area contributed by atoms with Gasteiger partial charge in [-0.05, 0) is 17.6 Å². The first kappa shape index (κ1) is 8.67. The van der Waals surface area contributed by atoms with Crippen molar-refractivity contribution in [2.75, 3.05) is 13.2 Å². The monoisotopic (exact) mass is 160 g/mol. The normalized spacial score (nSPS) is 31.6. The van der Waals surface area contributed by atoms with E-state index in [-0.39, 0.29) is 19.6 Å². The largest absolute Gasteiger partial charge is 0.392 e. The summed E-state index contributed by atoms with van der Waals surface area (Å²) in [5.41, 5.74) is 0.910. The first-order valence-electron chi connectivity index (χ1n) is 3.49. The quantitative estimate of drug-likeness (QED) is 0.366. The molecule has 0 unspecified atom stereocenters. The highest BCUT2D eigenvalue weighted by molar-refractivity contribution is 5.27. The first-order chi connectivity index (χ1) is 5.20. The molecule has 1 aliphatic carbocycles. The van der Waals surface area contributed by atoms with Gasteiger partial charge in [-0.2, -0.15) is 0 Å². The molecule has 0 aromatic heterocycles. The minimum absolute atomic E-state index is 0.204. The molecule has 4 nitrogen and oxygen atoms in total. The van der Waals surface area contributed by atoms with E-state index in [9.17, 15) is 5.11 Å². The van der Waals surface area contributed by atoms with Gasteiger partial charge in [-0.3, -0.25) is 0 Å². The van der Waals surface area contributed by atoms with Crippen molar-refractivity contribution in [3.8, 4) is 0 Å². The third kappa shape index (κ3) is 1.44. The van der Waals surface area contributed by atoms with Crippen molar-refractivity contribution in [3.63, 3.8) is 0 Å². The molecule has 4 N–H and O–H groups in total. The Morgan fingerprint density at radius 2 is 1.82 bits per heavy atom. The minimum atomic E-state index is -0.998. The average molecular weight is 160 g/mol. The maximum absolute atomic E-state index is 9.18. The van der Waals surface area contributed by atoms with E-state index in [0.717, 1.165) is 0 Å². The Hall–Kier alpha value is -0.420. The van der Waals surface area contributed by atoms with Crippen LogP contribution in [-0.4, -0.2) is 45.8 Å². The van der Waals surface area contributed by atoms with Crippen LogP contribution in [0.1, 0.15) is 6.42 Å². The fraction of sp³-hybridized carbons (Fsp3) is 0.714. The van der Waals surface area contributed by atoms with E-state index in [4.69, 9.17) is 15.3 Å². The zero-order valence-corrected chi connectivity index (χ0v) is 6.06. The van der Waals surface area contributed by atoms with E-state index in [1.54, 1.807) is 0 Å². The molecule has 0 heterocycles. The number of hydrogen-bond acceptors (Lipinski definition) is 4. The highest BCUT2D eigenvalue weighted by Crippen LogP contribution is 2.25. The summed E-state index contributed by atoms with van der Waals surface area (Å²) in [4.78, 5) is 0. The summed E-state index contributed by atoms with van der Waals surface area (Å²) in [6.07, 6.45) is -1.60. The van der Waals surface area contributed by atoms with Crippen LogP contribution in [0.3, 0.4) is 0 Å². The molecule has 1 aliphatic rings. The molecule has 4 heteroatoms. The Bertz CT molecular complexity index is 175. The van der Waals surface area contributed by atoms with Crippen LogP contribution in [0.5, 0.6) is 0 Å². The highest BCUT2D eigenvalue weighted by atomic mass is 16.3. The van der Waals surface area contributed by atoms with Crippen molar-refractivity contribution in [3.05, 3.63) is 11.1 Å². The topological polar surface area (TPSA) is 80.9 Å². The number of hydrogen-bond donors (Lipinski definition) is 4. The van der Waals surface area contributed by atoms with E-state index in [1.807, 2.05) is 0 Å². The second kappa shape index (κ2) is 3.32. The van der Waals surface area contributed by atoms with E-state index in [2.05, 4.69) is 0 Å². The van der Waals surface area contributed by atoms with Gasteiger partial charge >= 0.3 is 0 Å². The zero-order chi connectivity index (χ0) is 8.43. The van der Waals surface area contributed by atoms with Gasteiger partial charge < -0.3 is 20.4 Å². The summed E-state index contributed by atoms with van der Waals surface area (Å²) in [6.45, 7) is -0.502. The maximum Gasteiger partial charge on any atom is 0.104 e. The molecule has 0 bridgehead atoms. The van der Waals surface area contributed by atoms with Gasteiger partial charge in [0.25, 0.3) is 0 Å². The van der Waals surface area contributed by atoms with Gasteiger partial charge in [-0.15, -0.1) is 0 Å². The summed E-state index contributed by atoms with van der Waals surface area (Å²) in [7, 11) is 0. The van der Waals surface area contributed by atoms with Crippen molar-refractivity contribution in [1.82, 2.24) is 0 Å². The lowest BCUT2D eigenvalue weighted by molar-refractivity contribution is 0.0495. The van der Waals surface area contributed by atoms with Gasteiger partial charge in [0.1, 0.15) is 6.10 Å². The summed E-state index contributed by atoms with van der Waals surface area (Å²) >= 11 is 0. The van der Waals surface area contributed by atoms with Crippen LogP contribution in [-0.2, 0) is 0 Å². The van der Waals surface area contributed by atoms with Crippen LogP contribution < -0.4 is 0 Å². The van der Waals surface area contributed by atoms with Crippen molar-refractivity contribution in [2.24, 2.45) is 0 Å². The molecule has 0 aromatic carbocycles. The van der Waals surface area contributed by atoms with Gasteiger partial charge in [0.05, 0.1) is 19.3 Å². The summed E-state index contributed by atoms with van der Waals surface area (Å²) < 4.78 is 0. The minimum Gasteiger partial charge on any atom is -0.392 e. The lowest BCUT2D eigenvalue weighted by Crippen LogP contribution is -2.23. The van der Waals surface area contributed by atoms with E-state index >= 15 is 0 Å². The molecule has 0 aliphatic heterocycles. The Labute approximate surface area is 64.4 Å². The van der Waals surface area contributed by atoms with Crippen LogP contribution in [0.25, 0.3) is 0 Å². The van der Waals surface area contributed by atoms with Crippen molar-refractivity contribution in [2.45, 2.75) is 18.6 Å². The number of rotatable bonds is 2. The van der Waals surface area contributed by atoms with Crippen molar-refractivity contribution < 1.29 is 20.4 Å². The molecule has 0 fully saturated rings. The third-order valence-corrected chi connectivity index (χ3v) is 1.99. The SMILES string of the molecule is OCC1=C(CO)[C@@H](O)[C@H](O)C1. The highest BCUT2D eigenvalue weighted by Gasteiger charge is 2.30. The van der Waals surface area contributed by atoms with Gasteiger partial charge in [0.2, 0.25) is 0 Å². The molecule has 2 atom stereocenters. The summed E-state index contributed by atoms with van der Waals surface area (Å²) in [5, 5.41) is 35.7. The van der Waals surface area contributed by atoms with Crippen molar-refractivity contribution >= 4 is 0 Å². The van der Waals surface area contributed by atoms with Gasteiger partial charge in [-0.1, -0.05) is 0 Å². The van der Waals surface area contributed by atoms with E-state index < -0.39 is 12.2 Å². The molecule has 11 heavy (non-hydrogen) atoms. The van der Waals surface area contributed by atoms with Crippen LogP contribution in [0.4, 0.5) is 0 Å². The summed E-state index contributed by atoms with van der Waals surface area (Å²) in [6, 6.07) is 0. The number of aliphatic hydroxyl groups is 4. The fourth-order valence-electron chi connectivity index (χ4n) is 1.31. The van der Waals surface area contributed by atoms with Crippen LogP contribution >= 0.6 is 0 Å². The Balaban J connectivity index is 2.77. The predicted molar refractivity (Wildman–Crippen MR) is 37.8 cm³/mol. The number of aliphatic hydroxyl groups excluding tert-OH is 4. The lowest BCUT2D eigenvalue weighted by atomic mass is 10.1. The molecule has 0 amide bonds. The van der Waals surface area contributed by atoms with Gasteiger partial charge in [0, 0.05) is 0 Å². The van der Waals surface area contributed by atoms with Crippen molar-refractivity contribution in [1.29, 1.82) is 0 Å². The Morgan fingerprint density at radius 1 is 1.18 bits per heavy atom. The molecule has 64 valence electrons.